The van der Waals surface area contributed by atoms with Crippen molar-refractivity contribution < 1.29 is 9.53 Å². The maximum atomic E-state index is 11.9. The van der Waals surface area contributed by atoms with Gasteiger partial charge in [-0.3, -0.25) is 4.79 Å². The fourth-order valence-electron chi connectivity index (χ4n) is 2.94. The van der Waals surface area contributed by atoms with Crippen molar-refractivity contribution in [1.82, 2.24) is 0 Å². The minimum atomic E-state index is -0.692. The average Bonchev–Trinajstić information content (AvgIpc) is 2.58. The van der Waals surface area contributed by atoms with Crippen LogP contribution in [0.15, 0.2) is 48.5 Å². The van der Waals surface area contributed by atoms with Crippen LogP contribution in [0.25, 0.3) is 21.5 Å². The molecule has 1 atom stereocenters. The first-order valence-corrected chi connectivity index (χ1v) is 8.01. The van der Waals surface area contributed by atoms with E-state index >= 15 is 0 Å². The van der Waals surface area contributed by atoms with Crippen LogP contribution in [0.2, 0.25) is 5.02 Å². The molecule has 0 aliphatic rings. The van der Waals surface area contributed by atoms with Crippen molar-refractivity contribution in [1.29, 1.82) is 0 Å². The second kappa shape index (κ2) is 6.57. The first-order valence-electron chi connectivity index (χ1n) is 7.63. The Hall–Kier alpha value is -2.10. The Bertz CT molecular complexity index is 819. The van der Waals surface area contributed by atoms with Gasteiger partial charge in [-0.05, 0) is 29.7 Å². The lowest BCUT2D eigenvalue weighted by atomic mass is 9.92. The van der Waals surface area contributed by atoms with Crippen LogP contribution in [0.5, 0.6) is 0 Å². The first-order chi connectivity index (χ1) is 11.1. The van der Waals surface area contributed by atoms with Crippen LogP contribution < -0.4 is 5.73 Å². The summed E-state index contributed by atoms with van der Waals surface area (Å²) in [6, 6.07) is 15.2. The van der Waals surface area contributed by atoms with E-state index in [-0.39, 0.29) is 5.97 Å². The molecule has 1 unspecified atom stereocenters. The molecule has 23 heavy (non-hydrogen) atoms. The van der Waals surface area contributed by atoms with Gasteiger partial charge < -0.3 is 10.5 Å². The molecule has 4 heteroatoms. The summed E-state index contributed by atoms with van der Waals surface area (Å²) in [5.41, 5.74) is 7.08. The summed E-state index contributed by atoms with van der Waals surface area (Å²) in [5, 5.41) is 4.72. The third-order valence-corrected chi connectivity index (χ3v) is 4.40. The van der Waals surface area contributed by atoms with Crippen LogP contribution >= 0.6 is 11.6 Å². The number of benzene rings is 3. The fourth-order valence-corrected chi connectivity index (χ4v) is 3.27. The molecule has 0 heterocycles. The molecule has 0 aromatic heterocycles. The molecule has 0 amide bonds. The first kappa shape index (κ1) is 15.8. The van der Waals surface area contributed by atoms with E-state index in [1.165, 1.54) is 0 Å². The van der Waals surface area contributed by atoms with Gasteiger partial charge in [-0.25, -0.2) is 0 Å². The van der Waals surface area contributed by atoms with Crippen molar-refractivity contribution in [3.63, 3.8) is 0 Å². The van der Waals surface area contributed by atoms with E-state index in [1.54, 1.807) is 6.92 Å². The van der Waals surface area contributed by atoms with Gasteiger partial charge in [0.1, 0.15) is 6.04 Å². The monoisotopic (exact) mass is 327 g/mol. The number of carbonyl (C=O) groups is 1. The van der Waals surface area contributed by atoms with Crippen LogP contribution in [0.3, 0.4) is 0 Å². The van der Waals surface area contributed by atoms with E-state index in [0.717, 1.165) is 32.1 Å². The summed E-state index contributed by atoms with van der Waals surface area (Å²) in [7, 11) is 0. The molecule has 0 fully saturated rings. The average molecular weight is 328 g/mol. The van der Waals surface area contributed by atoms with Crippen LogP contribution in [-0.4, -0.2) is 18.6 Å². The third-order valence-electron chi connectivity index (χ3n) is 3.99. The second-order valence-electron chi connectivity index (χ2n) is 5.45. The van der Waals surface area contributed by atoms with Gasteiger partial charge in [0, 0.05) is 10.8 Å². The molecule has 0 radical (unpaired) electrons. The van der Waals surface area contributed by atoms with E-state index < -0.39 is 6.04 Å². The molecule has 0 aliphatic carbocycles. The number of hydrogen-bond donors (Lipinski definition) is 1. The summed E-state index contributed by atoms with van der Waals surface area (Å²) in [4.78, 5) is 11.9. The summed E-state index contributed by atoms with van der Waals surface area (Å²) in [6.45, 7) is 2.10. The Balaban J connectivity index is 2.20. The lowest BCUT2D eigenvalue weighted by Gasteiger charge is -2.16. The largest absolute Gasteiger partial charge is 0.465 e. The highest BCUT2D eigenvalue weighted by Crippen LogP contribution is 2.36. The lowest BCUT2D eigenvalue weighted by Crippen LogP contribution is -2.34. The Labute approximate surface area is 140 Å². The maximum absolute atomic E-state index is 11.9. The van der Waals surface area contributed by atoms with E-state index in [1.807, 2.05) is 48.5 Å². The molecule has 0 spiro atoms. The van der Waals surface area contributed by atoms with Crippen molar-refractivity contribution in [3.05, 3.63) is 59.1 Å². The van der Waals surface area contributed by atoms with Crippen LogP contribution in [-0.2, 0) is 16.0 Å². The number of ether oxygens (including phenoxy) is 1. The van der Waals surface area contributed by atoms with Crippen molar-refractivity contribution in [2.75, 3.05) is 6.61 Å². The van der Waals surface area contributed by atoms with Gasteiger partial charge in [0.05, 0.1) is 11.6 Å². The number of hydrogen-bond acceptors (Lipinski definition) is 3. The van der Waals surface area contributed by atoms with Gasteiger partial charge >= 0.3 is 5.97 Å². The zero-order valence-electron chi connectivity index (χ0n) is 12.9. The number of esters is 1. The predicted molar refractivity (Wildman–Crippen MR) is 94.8 cm³/mol. The number of nitrogens with two attached hydrogens (primary N) is 1. The Kier molecular flexibility index (Phi) is 4.51. The maximum Gasteiger partial charge on any atom is 0.323 e. The molecule has 0 saturated carbocycles. The summed E-state index contributed by atoms with van der Waals surface area (Å²) in [6.07, 6.45) is 0.414. The Morgan fingerprint density at radius 3 is 2.00 bits per heavy atom. The molecular weight excluding hydrogens is 310 g/mol. The van der Waals surface area contributed by atoms with E-state index in [2.05, 4.69) is 0 Å². The van der Waals surface area contributed by atoms with Gasteiger partial charge in [-0.1, -0.05) is 60.1 Å². The van der Waals surface area contributed by atoms with Crippen molar-refractivity contribution in [3.8, 4) is 0 Å². The van der Waals surface area contributed by atoms with Crippen LogP contribution in [0, 0.1) is 0 Å². The molecular formula is C19H18ClNO2. The normalized spacial score (nSPS) is 12.5. The number of fused-ring (bicyclic) bond motifs is 2. The fraction of sp³-hybridized carbons (Fsp3) is 0.211. The minimum absolute atomic E-state index is 0.328. The molecule has 3 nitrogen and oxygen atoms in total. The van der Waals surface area contributed by atoms with Gasteiger partial charge in [0.15, 0.2) is 0 Å². The van der Waals surface area contributed by atoms with E-state index in [0.29, 0.717) is 13.0 Å². The van der Waals surface area contributed by atoms with Gasteiger partial charge in [0.2, 0.25) is 0 Å². The number of rotatable bonds is 4. The van der Waals surface area contributed by atoms with Gasteiger partial charge in [0.25, 0.3) is 0 Å². The predicted octanol–water partition coefficient (Wildman–Crippen LogP) is 4.08. The lowest BCUT2D eigenvalue weighted by molar-refractivity contribution is -0.144. The molecule has 118 valence electrons. The molecule has 0 aliphatic heterocycles. The number of carbonyl (C=O) groups excluding carboxylic acids is 1. The minimum Gasteiger partial charge on any atom is -0.465 e. The molecule has 3 aromatic rings. The molecule has 0 bridgehead atoms. The zero-order chi connectivity index (χ0) is 16.4. The zero-order valence-corrected chi connectivity index (χ0v) is 13.6. The van der Waals surface area contributed by atoms with Crippen LogP contribution in [0.4, 0.5) is 0 Å². The molecule has 3 rings (SSSR count). The van der Waals surface area contributed by atoms with E-state index in [9.17, 15) is 4.79 Å². The highest BCUT2D eigenvalue weighted by atomic mass is 35.5. The Morgan fingerprint density at radius 2 is 1.52 bits per heavy atom. The third kappa shape index (κ3) is 2.90. The quantitative estimate of drug-likeness (QED) is 0.580. The molecule has 0 saturated heterocycles. The number of halogens is 1. The van der Waals surface area contributed by atoms with Gasteiger partial charge in [-0.15, -0.1) is 0 Å². The van der Waals surface area contributed by atoms with Crippen molar-refractivity contribution in [2.24, 2.45) is 5.73 Å². The summed E-state index contributed by atoms with van der Waals surface area (Å²) < 4.78 is 5.03. The smallest absolute Gasteiger partial charge is 0.323 e. The second-order valence-corrected chi connectivity index (χ2v) is 5.82. The van der Waals surface area contributed by atoms with Crippen molar-refractivity contribution in [2.45, 2.75) is 19.4 Å². The SMILES string of the molecule is CCOC(=O)C(N)Cc1c2ccccc2c(Cl)c2ccccc12. The highest BCUT2D eigenvalue weighted by Gasteiger charge is 2.19. The molecule has 3 aromatic carbocycles. The van der Waals surface area contributed by atoms with Crippen LogP contribution in [0.1, 0.15) is 12.5 Å². The van der Waals surface area contributed by atoms with Crippen molar-refractivity contribution >= 4 is 39.1 Å². The standard InChI is InChI=1S/C19H18ClNO2/c1-2-23-19(22)17(21)11-16-12-7-3-5-9-14(12)18(20)15-10-6-4-8-13(15)16/h3-10,17H,2,11,21H2,1H3. The summed E-state index contributed by atoms with van der Waals surface area (Å²) in [5.74, 6) is -0.379. The molecule has 2 N–H and O–H groups in total. The Morgan fingerprint density at radius 1 is 1.04 bits per heavy atom. The van der Waals surface area contributed by atoms with E-state index in [4.69, 9.17) is 22.1 Å². The topological polar surface area (TPSA) is 52.3 Å². The highest BCUT2D eigenvalue weighted by molar-refractivity contribution is 6.41. The van der Waals surface area contributed by atoms with Gasteiger partial charge in [-0.2, -0.15) is 0 Å². The summed E-state index contributed by atoms with van der Waals surface area (Å²) >= 11 is 6.57.